The van der Waals surface area contributed by atoms with Gasteiger partial charge in [-0.15, -0.1) is 0 Å². The molecule has 1 aromatic carbocycles. The highest BCUT2D eigenvalue weighted by Crippen LogP contribution is 2.43. The Hall–Kier alpha value is -2.76. The third-order valence-electron chi connectivity index (χ3n) is 5.52. The monoisotopic (exact) mass is 397 g/mol. The third-order valence-corrected chi connectivity index (χ3v) is 5.52. The van der Waals surface area contributed by atoms with Crippen molar-refractivity contribution < 1.29 is 23.9 Å². The Labute approximate surface area is 171 Å². The number of methoxy groups -OCH3 is 1. The van der Waals surface area contributed by atoms with Crippen LogP contribution in [0.5, 0.6) is 0 Å². The lowest BCUT2D eigenvalue weighted by atomic mass is 9.71. The molecule has 0 N–H and O–H groups in total. The first-order valence-corrected chi connectivity index (χ1v) is 10.1. The Balaban J connectivity index is 2.02. The van der Waals surface area contributed by atoms with Gasteiger partial charge in [-0.25, -0.2) is 4.79 Å². The Morgan fingerprint density at radius 1 is 1.17 bits per heavy atom. The number of nitrogens with zero attached hydrogens (tertiary/aromatic N) is 1. The summed E-state index contributed by atoms with van der Waals surface area (Å²) in [5.41, 5.74) is 3.28. The van der Waals surface area contributed by atoms with Crippen molar-refractivity contribution in [1.29, 1.82) is 0 Å². The number of unbranched alkanes of at least 4 members (excludes halogenated alkanes) is 1. The molecule has 1 unspecified atom stereocenters. The first kappa shape index (κ1) is 21.0. The molecule has 6 heteroatoms. The van der Waals surface area contributed by atoms with Crippen LogP contribution in [0.15, 0.2) is 40.5 Å². The van der Waals surface area contributed by atoms with Crippen LogP contribution in [0, 0.1) is 5.92 Å². The zero-order chi connectivity index (χ0) is 21.0. The van der Waals surface area contributed by atoms with Gasteiger partial charge in [0.25, 0.3) is 0 Å². The van der Waals surface area contributed by atoms with Gasteiger partial charge in [-0.05, 0) is 43.9 Å². The number of carbonyl (C=O) groups excluding carboxylic acids is 3. The number of esters is 2. The van der Waals surface area contributed by atoms with Crippen molar-refractivity contribution in [3.05, 3.63) is 46.7 Å². The molecule has 0 saturated heterocycles. The van der Waals surface area contributed by atoms with E-state index in [4.69, 9.17) is 9.47 Å². The molecule has 0 spiro atoms. The quantitative estimate of drug-likeness (QED) is 0.535. The van der Waals surface area contributed by atoms with E-state index in [1.54, 1.807) is 24.3 Å². The van der Waals surface area contributed by atoms with Gasteiger partial charge >= 0.3 is 11.9 Å². The molecule has 0 fully saturated rings. The van der Waals surface area contributed by atoms with Gasteiger partial charge in [0.2, 0.25) is 0 Å². The van der Waals surface area contributed by atoms with Gasteiger partial charge in [-0.1, -0.05) is 25.5 Å². The van der Waals surface area contributed by atoms with Crippen molar-refractivity contribution in [2.75, 3.05) is 13.7 Å². The summed E-state index contributed by atoms with van der Waals surface area (Å²) in [6.45, 7) is 4.21. The normalized spacial score (nSPS) is 21.3. The molecular formula is C23H27NO5. The van der Waals surface area contributed by atoms with Crippen LogP contribution < -0.4 is 0 Å². The number of aliphatic imine (C=N–C) groups is 1. The van der Waals surface area contributed by atoms with Crippen LogP contribution in [-0.2, 0) is 19.1 Å². The molecule has 1 aromatic rings. The summed E-state index contributed by atoms with van der Waals surface area (Å²) in [4.78, 5) is 42.2. The van der Waals surface area contributed by atoms with Crippen molar-refractivity contribution in [2.24, 2.45) is 10.9 Å². The molecule has 6 nitrogen and oxygen atoms in total. The molecule has 0 aromatic heterocycles. The van der Waals surface area contributed by atoms with E-state index in [0.717, 1.165) is 36.9 Å². The lowest BCUT2D eigenvalue weighted by Gasteiger charge is -2.34. The van der Waals surface area contributed by atoms with Crippen LogP contribution >= 0.6 is 0 Å². The van der Waals surface area contributed by atoms with Crippen LogP contribution in [0.4, 0.5) is 0 Å². The van der Waals surface area contributed by atoms with Gasteiger partial charge in [-0.2, -0.15) is 0 Å². The van der Waals surface area contributed by atoms with Gasteiger partial charge in [-0.3, -0.25) is 14.6 Å². The standard InChI is InChI=1S/C23H27NO5/c1-4-5-13-29-23(27)19-14(2)24-17-7-6-8-18(25)21(17)20(19)15-9-11-16(12-10-15)22(26)28-3/h9-12,19-20H,4-8,13H2,1-3H3/t19?,20-/m0/s1. The van der Waals surface area contributed by atoms with Crippen molar-refractivity contribution in [3.8, 4) is 0 Å². The van der Waals surface area contributed by atoms with E-state index in [1.165, 1.54) is 7.11 Å². The minimum Gasteiger partial charge on any atom is -0.465 e. The van der Waals surface area contributed by atoms with E-state index < -0.39 is 17.8 Å². The molecule has 2 aliphatic rings. The highest BCUT2D eigenvalue weighted by Gasteiger charge is 2.43. The maximum absolute atomic E-state index is 13.0. The van der Waals surface area contributed by atoms with Crippen molar-refractivity contribution >= 4 is 23.4 Å². The molecular weight excluding hydrogens is 370 g/mol. The number of hydrogen-bond donors (Lipinski definition) is 0. The smallest absolute Gasteiger partial charge is 0.337 e. The second-order valence-electron chi connectivity index (χ2n) is 7.48. The zero-order valence-electron chi connectivity index (χ0n) is 17.2. The number of rotatable bonds is 6. The third kappa shape index (κ3) is 4.31. The van der Waals surface area contributed by atoms with E-state index >= 15 is 0 Å². The largest absolute Gasteiger partial charge is 0.465 e. The number of Topliss-reactive ketones (excluding diaryl/α,β-unsaturated/α-hetero) is 1. The number of ketones is 1. The topological polar surface area (TPSA) is 82.0 Å². The molecule has 0 saturated carbocycles. The SMILES string of the molecule is CCCCOC(=O)C1C(C)=NC2=C(C(=O)CCC2)[C@H]1c1ccc(C(=O)OC)cc1. The van der Waals surface area contributed by atoms with Crippen LogP contribution in [0.3, 0.4) is 0 Å². The molecule has 3 rings (SSSR count). The highest BCUT2D eigenvalue weighted by atomic mass is 16.5. The summed E-state index contributed by atoms with van der Waals surface area (Å²) in [7, 11) is 1.33. The average molecular weight is 397 g/mol. The Kier molecular flexibility index (Phi) is 6.62. The van der Waals surface area contributed by atoms with Gasteiger partial charge in [0, 0.05) is 29.3 Å². The van der Waals surface area contributed by atoms with Crippen LogP contribution in [0.2, 0.25) is 0 Å². The summed E-state index contributed by atoms with van der Waals surface area (Å²) < 4.78 is 10.3. The minimum atomic E-state index is -0.642. The predicted molar refractivity (Wildman–Crippen MR) is 109 cm³/mol. The van der Waals surface area contributed by atoms with E-state index in [0.29, 0.717) is 29.9 Å². The lowest BCUT2D eigenvalue weighted by molar-refractivity contribution is -0.146. The summed E-state index contributed by atoms with van der Waals surface area (Å²) in [5, 5.41) is 0. The van der Waals surface area contributed by atoms with E-state index in [-0.39, 0.29) is 11.8 Å². The molecule has 1 aliphatic carbocycles. The predicted octanol–water partition coefficient (Wildman–Crippen LogP) is 4.00. The lowest BCUT2D eigenvalue weighted by Crippen LogP contribution is -2.37. The average Bonchev–Trinajstić information content (AvgIpc) is 2.72. The number of ether oxygens (including phenoxy) is 2. The number of allylic oxidation sites excluding steroid dienone is 2. The van der Waals surface area contributed by atoms with E-state index in [9.17, 15) is 14.4 Å². The fraction of sp³-hybridized carbons (Fsp3) is 0.478. The van der Waals surface area contributed by atoms with Crippen molar-refractivity contribution in [1.82, 2.24) is 0 Å². The van der Waals surface area contributed by atoms with Crippen molar-refractivity contribution in [3.63, 3.8) is 0 Å². The molecule has 2 atom stereocenters. The van der Waals surface area contributed by atoms with Gasteiger partial charge in [0.1, 0.15) is 5.92 Å². The van der Waals surface area contributed by atoms with Crippen LogP contribution in [0.1, 0.15) is 67.8 Å². The first-order valence-electron chi connectivity index (χ1n) is 10.1. The molecule has 0 amide bonds. The summed E-state index contributed by atoms with van der Waals surface area (Å²) in [5.74, 6) is -1.84. The van der Waals surface area contributed by atoms with Crippen molar-refractivity contribution in [2.45, 2.75) is 51.9 Å². The molecule has 1 heterocycles. The van der Waals surface area contributed by atoms with Crippen LogP contribution in [-0.4, -0.2) is 37.2 Å². The number of carbonyl (C=O) groups is 3. The summed E-state index contributed by atoms with van der Waals surface area (Å²) >= 11 is 0. The zero-order valence-corrected chi connectivity index (χ0v) is 17.2. The van der Waals surface area contributed by atoms with Gasteiger partial charge in [0.05, 0.1) is 19.3 Å². The molecule has 1 aliphatic heterocycles. The second-order valence-corrected chi connectivity index (χ2v) is 7.48. The summed E-state index contributed by atoms with van der Waals surface area (Å²) in [6, 6.07) is 6.90. The minimum absolute atomic E-state index is 0.0379. The molecule has 0 radical (unpaired) electrons. The summed E-state index contributed by atoms with van der Waals surface area (Å²) in [6.07, 6.45) is 3.68. The van der Waals surface area contributed by atoms with E-state index in [2.05, 4.69) is 4.99 Å². The van der Waals surface area contributed by atoms with Gasteiger partial charge < -0.3 is 9.47 Å². The highest BCUT2D eigenvalue weighted by molar-refractivity contribution is 6.08. The van der Waals surface area contributed by atoms with Gasteiger partial charge in [0.15, 0.2) is 5.78 Å². The molecule has 154 valence electrons. The van der Waals surface area contributed by atoms with E-state index in [1.807, 2.05) is 13.8 Å². The maximum atomic E-state index is 13.0. The fourth-order valence-electron chi connectivity index (χ4n) is 4.02. The van der Waals surface area contributed by atoms with Crippen LogP contribution in [0.25, 0.3) is 0 Å². The molecule has 29 heavy (non-hydrogen) atoms. The Bertz CT molecular complexity index is 866. The number of hydrogen-bond acceptors (Lipinski definition) is 6. The maximum Gasteiger partial charge on any atom is 0.337 e. The second kappa shape index (κ2) is 9.16. The first-order chi connectivity index (χ1) is 14.0. The Morgan fingerprint density at radius 3 is 2.55 bits per heavy atom. The number of benzene rings is 1. The molecule has 0 bridgehead atoms. The fourth-order valence-corrected chi connectivity index (χ4v) is 4.02. The Morgan fingerprint density at radius 2 is 1.90 bits per heavy atom.